The van der Waals surface area contributed by atoms with Crippen LogP contribution in [0.5, 0.6) is 5.88 Å². The zero-order chi connectivity index (χ0) is 20.4. The number of fused-ring (bicyclic) bond motifs is 1. The lowest BCUT2D eigenvalue weighted by atomic mass is 10.0. The number of hydrogen-bond acceptors (Lipinski definition) is 7. The number of halogens is 1. The van der Waals surface area contributed by atoms with Gasteiger partial charge in [0.2, 0.25) is 5.88 Å². The van der Waals surface area contributed by atoms with Crippen molar-refractivity contribution in [3.8, 4) is 5.88 Å². The Morgan fingerprint density at radius 1 is 1.43 bits per heavy atom. The fourth-order valence-electron chi connectivity index (χ4n) is 2.75. The number of benzene rings is 1. The molecule has 0 atom stereocenters. The molecule has 0 saturated heterocycles. The summed E-state index contributed by atoms with van der Waals surface area (Å²) in [6.07, 6.45) is 1.75. The third kappa shape index (κ3) is 3.87. The molecule has 1 aromatic heterocycles. The average Bonchev–Trinajstić information content (AvgIpc) is 3.13. The maximum Gasteiger partial charge on any atom is 0.357 e. The highest BCUT2D eigenvalue weighted by Crippen LogP contribution is 2.39. The second kappa shape index (κ2) is 8.03. The summed E-state index contributed by atoms with van der Waals surface area (Å²) in [5.74, 6) is -2.27. The van der Waals surface area contributed by atoms with Crippen molar-refractivity contribution in [2.75, 3.05) is 7.11 Å². The summed E-state index contributed by atoms with van der Waals surface area (Å²) in [5, 5.41) is 19.3. The number of thiazole rings is 1. The second-order valence-corrected chi connectivity index (χ2v) is 7.55. The highest BCUT2D eigenvalue weighted by molar-refractivity contribution is 7.73. The normalized spacial score (nSPS) is 14.1. The number of esters is 1. The van der Waals surface area contributed by atoms with Gasteiger partial charge in [0.25, 0.3) is 0 Å². The summed E-state index contributed by atoms with van der Waals surface area (Å²) in [7, 11) is 1.21. The third-order valence-corrected chi connectivity index (χ3v) is 5.44. The number of aliphatic carboxylic acids is 1. The molecule has 2 heterocycles. The van der Waals surface area contributed by atoms with Crippen LogP contribution in [-0.2, 0) is 20.9 Å². The average molecular weight is 422 g/mol. The van der Waals surface area contributed by atoms with E-state index in [9.17, 15) is 19.1 Å². The van der Waals surface area contributed by atoms with Crippen LogP contribution in [0.4, 0.5) is 10.1 Å². The Balaban J connectivity index is 2.03. The molecule has 3 rings (SSSR count). The van der Waals surface area contributed by atoms with Gasteiger partial charge in [0.1, 0.15) is 5.82 Å². The monoisotopic (exact) mass is 422 g/mol. The van der Waals surface area contributed by atoms with Crippen LogP contribution < -0.4 is 0 Å². The number of aliphatic imine (C=N–C) groups is 1. The molecule has 146 valence electrons. The zero-order valence-electron chi connectivity index (χ0n) is 14.6. The van der Waals surface area contributed by atoms with Gasteiger partial charge in [-0.25, -0.2) is 14.2 Å². The molecule has 0 aliphatic carbocycles. The molecule has 28 heavy (non-hydrogen) atoms. The van der Waals surface area contributed by atoms with Crippen molar-refractivity contribution in [1.82, 2.24) is 4.57 Å². The van der Waals surface area contributed by atoms with E-state index in [0.717, 1.165) is 11.3 Å². The molecular formula is C18H15FN2O5S2. The van der Waals surface area contributed by atoms with Gasteiger partial charge in [-0.1, -0.05) is 0 Å². The van der Waals surface area contributed by atoms with Crippen LogP contribution in [0.15, 0.2) is 23.2 Å². The Morgan fingerprint density at radius 2 is 2.18 bits per heavy atom. The Bertz CT molecular complexity index is 1080. The molecule has 2 aromatic rings. The molecule has 0 unspecified atom stereocenters. The number of carboxylic acids is 1. The van der Waals surface area contributed by atoms with E-state index in [0.29, 0.717) is 32.1 Å². The van der Waals surface area contributed by atoms with Gasteiger partial charge in [0.05, 0.1) is 17.7 Å². The summed E-state index contributed by atoms with van der Waals surface area (Å²) in [5.41, 5.74) is 1.12. The number of aromatic nitrogens is 1. The number of nitrogens with zero attached hydrogens (tertiary/aromatic N) is 2. The van der Waals surface area contributed by atoms with Gasteiger partial charge in [-0.2, -0.15) is 0 Å². The Labute approximate surface area is 168 Å². The fraction of sp³-hybridized carbons (Fsp3) is 0.222. The quantitative estimate of drug-likeness (QED) is 0.543. The van der Waals surface area contributed by atoms with Gasteiger partial charge in [-0.05, 0) is 42.9 Å². The number of carboxylic acid groups (broad SMARTS) is 1. The first-order valence-corrected chi connectivity index (χ1v) is 9.37. The number of aromatic hydroxyl groups is 1. The first kappa shape index (κ1) is 19.9. The van der Waals surface area contributed by atoms with Gasteiger partial charge >= 0.3 is 11.9 Å². The third-order valence-electron chi connectivity index (χ3n) is 4.06. The van der Waals surface area contributed by atoms with Gasteiger partial charge in [0.15, 0.2) is 9.67 Å². The minimum absolute atomic E-state index is 0.000699. The predicted octanol–water partition coefficient (Wildman–Crippen LogP) is 3.79. The minimum Gasteiger partial charge on any atom is -0.493 e. The topological polar surface area (TPSA) is 101 Å². The van der Waals surface area contributed by atoms with Crippen LogP contribution in [0.2, 0.25) is 0 Å². The molecule has 0 spiro atoms. The van der Waals surface area contributed by atoms with Gasteiger partial charge < -0.3 is 14.9 Å². The van der Waals surface area contributed by atoms with E-state index in [1.54, 1.807) is 0 Å². The molecule has 0 amide bonds. The van der Waals surface area contributed by atoms with Crippen molar-refractivity contribution in [3.63, 3.8) is 0 Å². The maximum absolute atomic E-state index is 13.7. The molecule has 1 aliphatic rings. The van der Waals surface area contributed by atoms with E-state index in [1.807, 2.05) is 0 Å². The number of carbonyl (C=O) groups excluding carboxylic acids is 1. The Hall–Kier alpha value is -2.85. The van der Waals surface area contributed by atoms with Crippen molar-refractivity contribution < 1.29 is 28.9 Å². The lowest BCUT2D eigenvalue weighted by Crippen LogP contribution is -2.14. The molecule has 7 nitrogen and oxygen atoms in total. The van der Waals surface area contributed by atoms with Crippen LogP contribution >= 0.6 is 23.6 Å². The molecule has 10 heteroatoms. The van der Waals surface area contributed by atoms with Crippen molar-refractivity contribution in [3.05, 3.63) is 38.4 Å². The zero-order valence-corrected chi connectivity index (χ0v) is 16.3. The van der Waals surface area contributed by atoms with E-state index in [1.165, 1.54) is 36.0 Å². The SMILES string of the molecule is COC(=O)C1=Nc2ccc(F)cc2/C1=C\c1sc(=S)n(CCCC(=O)O)c1O. The van der Waals surface area contributed by atoms with Crippen LogP contribution in [0, 0.1) is 9.77 Å². The van der Waals surface area contributed by atoms with Crippen LogP contribution in [0.1, 0.15) is 23.3 Å². The van der Waals surface area contributed by atoms with E-state index in [4.69, 9.17) is 22.1 Å². The molecule has 0 bridgehead atoms. The molecule has 0 fully saturated rings. The van der Waals surface area contributed by atoms with Crippen molar-refractivity contribution in [2.24, 2.45) is 4.99 Å². The summed E-state index contributed by atoms with van der Waals surface area (Å²) in [4.78, 5) is 27.3. The van der Waals surface area contributed by atoms with E-state index < -0.39 is 17.8 Å². The molecule has 0 saturated carbocycles. The second-order valence-electron chi connectivity index (χ2n) is 5.88. The van der Waals surface area contributed by atoms with Gasteiger partial charge in [0, 0.05) is 24.1 Å². The van der Waals surface area contributed by atoms with Crippen LogP contribution in [0.25, 0.3) is 11.6 Å². The van der Waals surface area contributed by atoms with Crippen molar-refractivity contribution >= 4 is 58.5 Å². The standard InChI is InChI=1S/C18H15FN2O5S2/c1-26-17(25)15-11(10-7-9(19)4-5-12(10)20-15)8-13-16(24)21(18(27)28-13)6-2-3-14(22)23/h4-5,7-8,24H,2-3,6H2,1H3,(H,22,23)/b11-8+. The van der Waals surface area contributed by atoms with E-state index in [2.05, 4.69) is 4.99 Å². The van der Waals surface area contributed by atoms with Gasteiger partial charge in [-0.3, -0.25) is 9.36 Å². The Morgan fingerprint density at radius 3 is 2.86 bits per heavy atom. The summed E-state index contributed by atoms with van der Waals surface area (Å²) in [6, 6.07) is 3.94. The summed E-state index contributed by atoms with van der Waals surface area (Å²) >= 11 is 6.34. The van der Waals surface area contributed by atoms with Crippen LogP contribution in [0.3, 0.4) is 0 Å². The van der Waals surface area contributed by atoms with Crippen molar-refractivity contribution in [2.45, 2.75) is 19.4 Å². The Kier molecular flexibility index (Phi) is 5.71. The first-order valence-electron chi connectivity index (χ1n) is 8.15. The summed E-state index contributed by atoms with van der Waals surface area (Å²) < 4.78 is 20.3. The van der Waals surface area contributed by atoms with E-state index in [-0.39, 0.29) is 24.6 Å². The molecule has 1 aromatic carbocycles. The maximum atomic E-state index is 13.7. The predicted molar refractivity (Wildman–Crippen MR) is 105 cm³/mol. The van der Waals surface area contributed by atoms with Crippen molar-refractivity contribution in [1.29, 1.82) is 0 Å². The largest absolute Gasteiger partial charge is 0.493 e. The molecule has 1 aliphatic heterocycles. The number of ether oxygens (including phenoxy) is 1. The fourth-order valence-corrected chi connectivity index (χ4v) is 4.05. The number of carbonyl (C=O) groups is 2. The van der Waals surface area contributed by atoms with Crippen LogP contribution in [-0.4, -0.2) is 39.5 Å². The number of rotatable bonds is 6. The highest BCUT2D eigenvalue weighted by Gasteiger charge is 2.28. The van der Waals surface area contributed by atoms with Gasteiger partial charge in [-0.15, -0.1) is 11.3 Å². The highest BCUT2D eigenvalue weighted by atomic mass is 32.1. The van der Waals surface area contributed by atoms with E-state index >= 15 is 0 Å². The molecule has 2 N–H and O–H groups in total. The molecular weight excluding hydrogens is 407 g/mol. The first-order chi connectivity index (χ1) is 13.3. The number of hydrogen-bond donors (Lipinski definition) is 2. The lowest BCUT2D eigenvalue weighted by molar-refractivity contribution is -0.137. The minimum atomic E-state index is -0.938. The molecule has 0 radical (unpaired) electrons. The lowest BCUT2D eigenvalue weighted by Gasteiger charge is -2.05. The summed E-state index contributed by atoms with van der Waals surface area (Å²) in [6.45, 7) is 0.236. The number of methoxy groups -OCH3 is 1. The smallest absolute Gasteiger partial charge is 0.357 e.